The molecule has 124 valence electrons. The molecule has 1 atom stereocenters. The second kappa shape index (κ2) is 7.68. The zero-order valence-electron chi connectivity index (χ0n) is 13.4. The predicted octanol–water partition coefficient (Wildman–Crippen LogP) is 1.44. The zero-order valence-corrected chi connectivity index (χ0v) is 13.4. The van der Waals surface area contributed by atoms with E-state index in [0.717, 1.165) is 12.8 Å². The van der Waals surface area contributed by atoms with Crippen LogP contribution in [0.5, 0.6) is 0 Å². The molecule has 2 heterocycles. The van der Waals surface area contributed by atoms with Crippen LogP contribution in [0, 0.1) is 0 Å². The van der Waals surface area contributed by atoms with E-state index in [0.29, 0.717) is 19.5 Å². The second-order valence-electron chi connectivity index (χ2n) is 5.89. The third kappa shape index (κ3) is 4.16. The van der Waals surface area contributed by atoms with Crippen molar-refractivity contribution in [3.63, 3.8) is 0 Å². The lowest BCUT2D eigenvalue weighted by Gasteiger charge is -2.17. The maximum Gasteiger partial charge on any atom is 0.271 e. The van der Waals surface area contributed by atoms with Crippen molar-refractivity contribution in [1.82, 2.24) is 20.2 Å². The van der Waals surface area contributed by atoms with Gasteiger partial charge < -0.3 is 10.2 Å². The summed E-state index contributed by atoms with van der Waals surface area (Å²) in [6.07, 6.45) is 6.62. The minimum atomic E-state index is -0.285. The maximum atomic E-state index is 12.1. The fraction of sp³-hybridized carbons (Fsp3) is 0.333. The molecule has 1 aliphatic rings. The van der Waals surface area contributed by atoms with Crippen molar-refractivity contribution in [2.45, 2.75) is 25.3 Å². The van der Waals surface area contributed by atoms with Gasteiger partial charge in [-0.1, -0.05) is 30.3 Å². The number of nitrogens with zero attached hydrogens (tertiary/aromatic N) is 3. The first kappa shape index (κ1) is 16.1. The van der Waals surface area contributed by atoms with Gasteiger partial charge in [-0.2, -0.15) is 0 Å². The van der Waals surface area contributed by atoms with Crippen LogP contribution >= 0.6 is 0 Å². The standard InChI is InChI=1S/C18H20N4O2/c23-17-11-15(21-18(24)16-12-19-8-9-20-16)13-22(17)10-4-7-14-5-2-1-3-6-14/h1-3,5-6,8-9,12,15H,4,7,10-11,13H2,(H,21,24)/t15-/m1/s1. The van der Waals surface area contributed by atoms with Gasteiger partial charge in [-0.05, 0) is 18.4 Å². The number of likely N-dealkylation sites (tertiary alicyclic amines) is 1. The van der Waals surface area contributed by atoms with E-state index in [9.17, 15) is 9.59 Å². The Balaban J connectivity index is 1.46. The Morgan fingerprint density at radius 3 is 2.83 bits per heavy atom. The maximum absolute atomic E-state index is 12.1. The van der Waals surface area contributed by atoms with Crippen LogP contribution in [0.25, 0.3) is 0 Å². The Morgan fingerprint density at radius 1 is 1.25 bits per heavy atom. The van der Waals surface area contributed by atoms with Gasteiger partial charge in [0.2, 0.25) is 5.91 Å². The Bertz CT molecular complexity index is 691. The minimum Gasteiger partial charge on any atom is -0.346 e. The molecule has 0 bridgehead atoms. The summed E-state index contributed by atoms with van der Waals surface area (Å²) in [5.41, 5.74) is 1.55. The van der Waals surface area contributed by atoms with E-state index >= 15 is 0 Å². The number of hydrogen-bond acceptors (Lipinski definition) is 4. The Morgan fingerprint density at radius 2 is 2.08 bits per heavy atom. The van der Waals surface area contributed by atoms with Gasteiger partial charge >= 0.3 is 0 Å². The molecule has 1 aliphatic heterocycles. The molecular weight excluding hydrogens is 304 g/mol. The van der Waals surface area contributed by atoms with Crippen molar-refractivity contribution in [2.24, 2.45) is 0 Å². The molecule has 3 rings (SSSR count). The monoisotopic (exact) mass is 324 g/mol. The smallest absolute Gasteiger partial charge is 0.271 e. The van der Waals surface area contributed by atoms with Gasteiger partial charge in [0.25, 0.3) is 5.91 Å². The number of benzene rings is 1. The van der Waals surface area contributed by atoms with Gasteiger partial charge in [0, 0.05) is 31.9 Å². The van der Waals surface area contributed by atoms with E-state index in [4.69, 9.17) is 0 Å². The predicted molar refractivity (Wildman–Crippen MR) is 89.2 cm³/mol. The van der Waals surface area contributed by atoms with E-state index in [1.54, 1.807) is 0 Å². The van der Waals surface area contributed by atoms with Gasteiger partial charge in [0.05, 0.1) is 12.2 Å². The summed E-state index contributed by atoms with van der Waals surface area (Å²) < 4.78 is 0. The van der Waals surface area contributed by atoms with E-state index in [1.807, 2.05) is 23.1 Å². The first-order chi connectivity index (χ1) is 11.7. The fourth-order valence-corrected chi connectivity index (χ4v) is 2.88. The minimum absolute atomic E-state index is 0.0903. The summed E-state index contributed by atoms with van der Waals surface area (Å²) in [6.45, 7) is 1.27. The lowest BCUT2D eigenvalue weighted by atomic mass is 10.1. The number of nitrogens with one attached hydrogen (secondary N) is 1. The summed E-state index contributed by atoms with van der Waals surface area (Å²) in [7, 11) is 0. The SMILES string of the molecule is O=C(N[C@@H]1CC(=O)N(CCCc2ccccc2)C1)c1cnccn1. The number of carbonyl (C=O) groups excluding carboxylic acids is 2. The molecule has 0 saturated carbocycles. The number of amides is 2. The largest absolute Gasteiger partial charge is 0.346 e. The number of aryl methyl sites for hydroxylation is 1. The molecule has 0 spiro atoms. The van der Waals surface area contributed by atoms with Gasteiger partial charge in [-0.15, -0.1) is 0 Å². The van der Waals surface area contributed by atoms with Crippen molar-refractivity contribution >= 4 is 11.8 Å². The van der Waals surface area contributed by atoms with Crippen LogP contribution in [0.3, 0.4) is 0 Å². The highest BCUT2D eigenvalue weighted by atomic mass is 16.2. The van der Waals surface area contributed by atoms with Gasteiger partial charge in [-0.3, -0.25) is 14.6 Å². The number of rotatable bonds is 6. The van der Waals surface area contributed by atoms with Crippen LogP contribution in [-0.2, 0) is 11.2 Å². The first-order valence-electron chi connectivity index (χ1n) is 8.11. The van der Waals surface area contributed by atoms with Crippen molar-refractivity contribution in [2.75, 3.05) is 13.1 Å². The molecule has 1 saturated heterocycles. The summed E-state index contributed by atoms with van der Waals surface area (Å²) in [6, 6.07) is 10.1. The van der Waals surface area contributed by atoms with Gasteiger partial charge in [-0.25, -0.2) is 4.98 Å². The summed E-state index contributed by atoms with van der Waals surface area (Å²) in [5.74, 6) is -0.195. The van der Waals surface area contributed by atoms with Crippen LogP contribution < -0.4 is 5.32 Å². The molecule has 6 heteroatoms. The molecule has 2 aromatic rings. The third-order valence-electron chi connectivity index (χ3n) is 4.08. The molecule has 2 amide bonds. The Kier molecular flexibility index (Phi) is 5.15. The molecule has 1 N–H and O–H groups in total. The van der Waals surface area contributed by atoms with E-state index in [1.165, 1.54) is 24.2 Å². The molecule has 0 unspecified atom stereocenters. The molecule has 1 aromatic carbocycles. The topological polar surface area (TPSA) is 75.2 Å². The summed E-state index contributed by atoms with van der Waals surface area (Å²) in [4.78, 5) is 33.8. The summed E-state index contributed by atoms with van der Waals surface area (Å²) in [5, 5.41) is 2.86. The van der Waals surface area contributed by atoms with E-state index < -0.39 is 0 Å². The molecule has 0 aliphatic carbocycles. The van der Waals surface area contributed by atoms with Gasteiger partial charge in [0.1, 0.15) is 5.69 Å². The number of carbonyl (C=O) groups is 2. The van der Waals surface area contributed by atoms with Crippen LogP contribution in [0.1, 0.15) is 28.9 Å². The zero-order chi connectivity index (χ0) is 16.8. The first-order valence-corrected chi connectivity index (χ1v) is 8.11. The molecule has 1 fully saturated rings. The normalized spacial score (nSPS) is 17.1. The lowest BCUT2D eigenvalue weighted by molar-refractivity contribution is -0.127. The molecule has 6 nitrogen and oxygen atoms in total. The van der Waals surface area contributed by atoms with Crippen LogP contribution in [0.4, 0.5) is 0 Å². The fourth-order valence-electron chi connectivity index (χ4n) is 2.88. The Labute approximate surface area is 140 Å². The lowest BCUT2D eigenvalue weighted by Crippen LogP contribution is -2.37. The van der Waals surface area contributed by atoms with Crippen molar-refractivity contribution in [3.05, 3.63) is 60.2 Å². The average molecular weight is 324 g/mol. The highest BCUT2D eigenvalue weighted by Crippen LogP contribution is 2.13. The van der Waals surface area contributed by atoms with Crippen LogP contribution in [-0.4, -0.2) is 45.8 Å². The van der Waals surface area contributed by atoms with Crippen LogP contribution in [0.15, 0.2) is 48.9 Å². The summed E-state index contributed by atoms with van der Waals surface area (Å²) >= 11 is 0. The molecule has 0 radical (unpaired) electrons. The van der Waals surface area contributed by atoms with E-state index in [2.05, 4.69) is 27.4 Å². The molecular formula is C18H20N4O2. The van der Waals surface area contributed by atoms with E-state index in [-0.39, 0.29) is 23.6 Å². The van der Waals surface area contributed by atoms with Crippen molar-refractivity contribution in [3.8, 4) is 0 Å². The Hall–Kier alpha value is -2.76. The van der Waals surface area contributed by atoms with Gasteiger partial charge in [0.15, 0.2) is 0 Å². The second-order valence-corrected chi connectivity index (χ2v) is 5.89. The molecule has 1 aromatic heterocycles. The third-order valence-corrected chi connectivity index (χ3v) is 4.08. The van der Waals surface area contributed by atoms with Crippen molar-refractivity contribution < 1.29 is 9.59 Å². The highest BCUT2D eigenvalue weighted by molar-refractivity contribution is 5.93. The van der Waals surface area contributed by atoms with Crippen LogP contribution in [0.2, 0.25) is 0 Å². The number of hydrogen-bond donors (Lipinski definition) is 1. The number of aromatic nitrogens is 2. The van der Waals surface area contributed by atoms with Crippen molar-refractivity contribution in [1.29, 1.82) is 0 Å². The molecule has 24 heavy (non-hydrogen) atoms. The average Bonchev–Trinajstić information content (AvgIpc) is 2.96. The quantitative estimate of drug-likeness (QED) is 0.872. The highest BCUT2D eigenvalue weighted by Gasteiger charge is 2.30.